The zero-order chi connectivity index (χ0) is 16.0. The molecule has 0 spiro atoms. The minimum atomic E-state index is -0.802. The zero-order valence-corrected chi connectivity index (χ0v) is 12.8. The molecule has 0 aliphatic carbocycles. The summed E-state index contributed by atoms with van der Waals surface area (Å²) in [6, 6.07) is 7.25. The van der Waals surface area contributed by atoms with Crippen LogP contribution < -0.4 is 11.1 Å². The Balaban J connectivity index is 2.50. The molecule has 1 atom stereocenters. The Morgan fingerprint density at radius 2 is 1.86 bits per heavy atom. The lowest BCUT2D eigenvalue weighted by molar-refractivity contribution is -0.141. The van der Waals surface area contributed by atoms with E-state index in [2.05, 4.69) is 5.32 Å². The van der Waals surface area contributed by atoms with E-state index in [0.29, 0.717) is 25.1 Å². The smallest absolute Gasteiger partial charge is 0.306 e. The van der Waals surface area contributed by atoms with Crippen molar-refractivity contribution in [3.8, 4) is 0 Å². The molecule has 4 N–H and O–H groups in total. The van der Waals surface area contributed by atoms with E-state index in [0.717, 1.165) is 5.56 Å². The second-order valence-corrected chi connectivity index (χ2v) is 5.88. The van der Waals surface area contributed by atoms with Crippen molar-refractivity contribution in [1.29, 1.82) is 0 Å². The lowest BCUT2D eigenvalue weighted by Crippen LogP contribution is -2.40. The first-order valence-electron chi connectivity index (χ1n) is 7.12. The van der Waals surface area contributed by atoms with Gasteiger partial charge in [0.1, 0.15) is 0 Å². The van der Waals surface area contributed by atoms with Crippen LogP contribution in [0.2, 0.25) is 0 Å². The zero-order valence-electron chi connectivity index (χ0n) is 12.8. The molecule has 1 aromatic carbocycles. The molecule has 0 heterocycles. The number of nitrogens with one attached hydrogen (secondary N) is 1. The van der Waals surface area contributed by atoms with Crippen LogP contribution in [0, 0.1) is 5.92 Å². The molecule has 0 radical (unpaired) electrons. The number of nitrogen functional groups attached to an aromatic ring is 1. The minimum Gasteiger partial charge on any atom is -0.481 e. The molecule has 5 heteroatoms. The van der Waals surface area contributed by atoms with Crippen molar-refractivity contribution in [2.75, 3.05) is 12.3 Å². The van der Waals surface area contributed by atoms with E-state index in [9.17, 15) is 9.59 Å². The topological polar surface area (TPSA) is 92.4 Å². The van der Waals surface area contributed by atoms with E-state index in [1.54, 1.807) is 19.1 Å². The van der Waals surface area contributed by atoms with Gasteiger partial charge in [-0.15, -0.1) is 0 Å². The summed E-state index contributed by atoms with van der Waals surface area (Å²) in [5.74, 6) is -1.26. The van der Waals surface area contributed by atoms with Gasteiger partial charge in [0.25, 0.3) is 0 Å². The number of carbonyl (C=O) groups is 2. The maximum atomic E-state index is 12.3. The lowest BCUT2D eigenvalue weighted by Gasteiger charge is -2.24. The fraction of sp³-hybridized carbons (Fsp3) is 0.500. The number of benzene rings is 1. The Labute approximate surface area is 125 Å². The molecule has 116 valence electrons. The number of anilines is 1. The van der Waals surface area contributed by atoms with Gasteiger partial charge in [-0.25, -0.2) is 0 Å². The molecule has 0 aromatic heterocycles. The van der Waals surface area contributed by atoms with Gasteiger partial charge in [-0.3, -0.25) is 9.59 Å². The average molecular weight is 292 g/mol. The third-order valence-electron chi connectivity index (χ3n) is 3.72. The second kappa shape index (κ2) is 7.11. The molecule has 0 fully saturated rings. The van der Waals surface area contributed by atoms with Crippen LogP contribution in [0.4, 0.5) is 5.69 Å². The lowest BCUT2D eigenvalue weighted by atomic mass is 9.83. The second-order valence-electron chi connectivity index (χ2n) is 5.88. The number of nitrogens with two attached hydrogens (primary N) is 1. The molecule has 21 heavy (non-hydrogen) atoms. The maximum Gasteiger partial charge on any atom is 0.306 e. The number of hydrogen-bond acceptors (Lipinski definition) is 3. The van der Waals surface area contributed by atoms with Gasteiger partial charge in [-0.1, -0.05) is 19.1 Å². The summed E-state index contributed by atoms with van der Waals surface area (Å²) in [7, 11) is 0. The van der Waals surface area contributed by atoms with Gasteiger partial charge in [-0.05, 0) is 44.4 Å². The van der Waals surface area contributed by atoms with Gasteiger partial charge < -0.3 is 16.2 Å². The number of carboxylic acids is 1. The van der Waals surface area contributed by atoms with E-state index >= 15 is 0 Å². The standard InChI is InChI=1S/C16H24N2O3/c1-11(14(19)20)5-4-10-18-15(21)16(2,3)12-6-8-13(17)9-7-12/h6-9,11H,4-5,10,17H2,1-3H3,(H,18,21)(H,19,20). The summed E-state index contributed by atoms with van der Waals surface area (Å²) in [6.07, 6.45) is 1.20. The highest BCUT2D eigenvalue weighted by Gasteiger charge is 2.29. The maximum absolute atomic E-state index is 12.3. The van der Waals surface area contributed by atoms with Gasteiger partial charge >= 0.3 is 5.97 Å². The van der Waals surface area contributed by atoms with E-state index < -0.39 is 11.4 Å². The molecule has 0 aliphatic heterocycles. The number of aliphatic carboxylic acids is 1. The summed E-state index contributed by atoms with van der Waals surface area (Å²) in [5, 5.41) is 11.7. The fourth-order valence-electron chi connectivity index (χ4n) is 1.99. The van der Waals surface area contributed by atoms with Crippen molar-refractivity contribution in [1.82, 2.24) is 5.32 Å². The number of hydrogen-bond donors (Lipinski definition) is 3. The van der Waals surface area contributed by atoms with Crippen LogP contribution in [0.25, 0.3) is 0 Å². The van der Waals surface area contributed by atoms with Crippen LogP contribution >= 0.6 is 0 Å². The summed E-state index contributed by atoms with van der Waals surface area (Å²) in [5.41, 5.74) is 6.56. The predicted molar refractivity (Wildman–Crippen MR) is 82.9 cm³/mol. The monoisotopic (exact) mass is 292 g/mol. The van der Waals surface area contributed by atoms with Crippen molar-refractivity contribution < 1.29 is 14.7 Å². The van der Waals surface area contributed by atoms with Gasteiger partial charge in [-0.2, -0.15) is 0 Å². The minimum absolute atomic E-state index is 0.0738. The van der Waals surface area contributed by atoms with Gasteiger partial charge in [0.2, 0.25) is 5.91 Å². The van der Waals surface area contributed by atoms with Crippen LogP contribution in [0.5, 0.6) is 0 Å². The molecule has 1 amide bonds. The first-order chi connectivity index (χ1) is 9.75. The SMILES string of the molecule is CC(CCCNC(=O)C(C)(C)c1ccc(N)cc1)C(=O)O. The molecule has 0 aliphatic rings. The van der Waals surface area contributed by atoms with Crippen molar-refractivity contribution in [2.45, 2.75) is 39.0 Å². The number of rotatable bonds is 7. The van der Waals surface area contributed by atoms with Crippen LogP contribution in [0.1, 0.15) is 39.2 Å². The highest BCUT2D eigenvalue weighted by molar-refractivity contribution is 5.87. The van der Waals surface area contributed by atoms with E-state index in [1.165, 1.54) is 0 Å². The quantitative estimate of drug-likeness (QED) is 0.530. The number of amides is 1. The van der Waals surface area contributed by atoms with Crippen molar-refractivity contribution in [2.24, 2.45) is 5.92 Å². The van der Waals surface area contributed by atoms with Crippen molar-refractivity contribution in [3.63, 3.8) is 0 Å². The third kappa shape index (κ3) is 4.77. The van der Waals surface area contributed by atoms with Gasteiger partial charge in [0, 0.05) is 12.2 Å². The summed E-state index contributed by atoms with van der Waals surface area (Å²) in [4.78, 5) is 23.0. The van der Waals surface area contributed by atoms with Crippen LogP contribution in [0.15, 0.2) is 24.3 Å². The Bertz CT molecular complexity index is 495. The summed E-state index contributed by atoms with van der Waals surface area (Å²) in [6.45, 7) is 5.86. The van der Waals surface area contributed by atoms with E-state index in [4.69, 9.17) is 10.8 Å². The molecule has 1 aromatic rings. The molecule has 0 saturated carbocycles. The summed E-state index contributed by atoms with van der Waals surface area (Å²) < 4.78 is 0. The first kappa shape index (κ1) is 17.0. The Kier molecular flexibility index (Phi) is 5.76. The van der Waals surface area contributed by atoms with Crippen LogP contribution in [0.3, 0.4) is 0 Å². The van der Waals surface area contributed by atoms with Crippen molar-refractivity contribution >= 4 is 17.6 Å². The highest BCUT2D eigenvalue weighted by atomic mass is 16.4. The molecular weight excluding hydrogens is 268 g/mol. The fourth-order valence-corrected chi connectivity index (χ4v) is 1.99. The number of carbonyl (C=O) groups excluding carboxylic acids is 1. The van der Waals surface area contributed by atoms with Crippen molar-refractivity contribution in [3.05, 3.63) is 29.8 Å². The highest BCUT2D eigenvalue weighted by Crippen LogP contribution is 2.24. The molecule has 0 saturated heterocycles. The normalized spacial score (nSPS) is 12.7. The van der Waals surface area contributed by atoms with Crippen LogP contribution in [-0.2, 0) is 15.0 Å². The Morgan fingerprint density at radius 3 is 2.38 bits per heavy atom. The van der Waals surface area contributed by atoms with E-state index in [-0.39, 0.29) is 11.8 Å². The molecule has 0 bridgehead atoms. The molecule has 1 rings (SSSR count). The van der Waals surface area contributed by atoms with E-state index in [1.807, 2.05) is 26.0 Å². The predicted octanol–water partition coefficient (Wildman–Crippen LogP) is 2.16. The Morgan fingerprint density at radius 1 is 1.29 bits per heavy atom. The first-order valence-corrected chi connectivity index (χ1v) is 7.12. The largest absolute Gasteiger partial charge is 0.481 e. The molecule has 5 nitrogen and oxygen atoms in total. The van der Waals surface area contributed by atoms with Gasteiger partial charge in [0.05, 0.1) is 11.3 Å². The molecular formula is C16H24N2O3. The Hall–Kier alpha value is -2.04. The third-order valence-corrected chi connectivity index (χ3v) is 3.72. The molecule has 1 unspecified atom stereocenters. The average Bonchev–Trinajstić information content (AvgIpc) is 2.43. The van der Waals surface area contributed by atoms with Crippen LogP contribution in [-0.4, -0.2) is 23.5 Å². The summed E-state index contributed by atoms with van der Waals surface area (Å²) >= 11 is 0. The number of carboxylic acid groups (broad SMARTS) is 1. The van der Waals surface area contributed by atoms with Gasteiger partial charge in [0.15, 0.2) is 0 Å².